The standard InChI is InChI=1S/C27H23NO7/c1-33-19-11-7-8-16(15-19)24(29)22-23(20-12-4-5-13-21(20)34-2)28(26(31)25(22)30)18-10-6-9-17(14-18)27(32)35-3/h4-15,23,29H,1-3H3/b24-22+. The molecule has 1 amide bonds. The lowest BCUT2D eigenvalue weighted by Gasteiger charge is -2.27. The lowest BCUT2D eigenvalue weighted by atomic mass is 9.94. The molecule has 178 valence electrons. The molecule has 1 aliphatic heterocycles. The number of carbonyl (C=O) groups excluding carboxylic acids is 3. The van der Waals surface area contributed by atoms with Gasteiger partial charge in [0.1, 0.15) is 17.3 Å². The van der Waals surface area contributed by atoms with Crippen LogP contribution in [0.2, 0.25) is 0 Å². The predicted octanol–water partition coefficient (Wildman–Crippen LogP) is 4.12. The van der Waals surface area contributed by atoms with Gasteiger partial charge in [0, 0.05) is 16.8 Å². The largest absolute Gasteiger partial charge is 0.507 e. The number of benzene rings is 3. The average molecular weight is 473 g/mol. The third-order valence-corrected chi connectivity index (χ3v) is 5.77. The molecule has 1 heterocycles. The summed E-state index contributed by atoms with van der Waals surface area (Å²) in [5.74, 6) is -1.77. The van der Waals surface area contributed by atoms with Crippen LogP contribution in [0.25, 0.3) is 5.76 Å². The number of ketones is 1. The molecular formula is C27H23NO7. The molecule has 0 radical (unpaired) electrons. The summed E-state index contributed by atoms with van der Waals surface area (Å²) in [5, 5.41) is 11.3. The Bertz CT molecular complexity index is 1340. The molecule has 1 saturated heterocycles. The molecule has 1 aliphatic rings. The number of Topliss-reactive ketones (excluding diaryl/α,β-unsaturated/α-hetero) is 1. The van der Waals surface area contributed by atoms with Crippen molar-refractivity contribution >= 4 is 29.1 Å². The van der Waals surface area contributed by atoms with Gasteiger partial charge in [0.05, 0.1) is 38.5 Å². The molecule has 1 atom stereocenters. The van der Waals surface area contributed by atoms with E-state index in [4.69, 9.17) is 14.2 Å². The molecule has 1 N–H and O–H groups in total. The van der Waals surface area contributed by atoms with Crippen molar-refractivity contribution in [1.82, 2.24) is 0 Å². The summed E-state index contributed by atoms with van der Waals surface area (Å²) in [7, 11) is 4.22. The fourth-order valence-electron chi connectivity index (χ4n) is 4.11. The molecule has 8 heteroatoms. The van der Waals surface area contributed by atoms with Crippen molar-refractivity contribution in [1.29, 1.82) is 0 Å². The fourth-order valence-corrected chi connectivity index (χ4v) is 4.11. The molecule has 0 aliphatic carbocycles. The predicted molar refractivity (Wildman–Crippen MR) is 129 cm³/mol. The van der Waals surface area contributed by atoms with Crippen LogP contribution in [0.5, 0.6) is 11.5 Å². The van der Waals surface area contributed by atoms with E-state index in [1.807, 2.05) is 0 Å². The van der Waals surface area contributed by atoms with Crippen LogP contribution in [0, 0.1) is 0 Å². The first-order valence-electron chi connectivity index (χ1n) is 10.7. The topological polar surface area (TPSA) is 102 Å². The Balaban J connectivity index is 1.98. The summed E-state index contributed by atoms with van der Waals surface area (Å²) in [5.41, 5.74) is 1.18. The van der Waals surface area contributed by atoms with Crippen molar-refractivity contribution in [3.8, 4) is 11.5 Å². The molecule has 35 heavy (non-hydrogen) atoms. The number of anilines is 1. The molecule has 4 rings (SSSR count). The first-order chi connectivity index (χ1) is 16.9. The Morgan fingerprint density at radius 2 is 1.57 bits per heavy atom. The van der Waals surface area contributed by atoms with Crippen LogP contribution >= 0.6 is 0 Å². The van der Waals surface area contributed by atoms with E-state index in [9.17, 15) is 19.5 Å². The zero-order valence-electron chi connectivity index (χ0n) is 19.3. The Morgan fingerprint density at radius 1 is 0.857 bits per heavy atom. The van der Waals surface area contributed by atoms with Gasteiger partial charge in [0.2, 0.25) is 0 Å². The van der Waals surface area contributed by atoms with E-state index < -0.39 is 23.7 Å². The van der Waals surface area contributed by atoms with Crippen molar-refractivity contribution < 1.29 is 33.7 Å². The summed E-state index contributed by atoms with van der Waals surface area (Å²) in [4.78, 5) is 40.1. The molecule has 3 aromatic carbocycles. The average Bonchev–Trinajstić information content (AvgIpc) is 3.17. The number of amides is 1. The van der Waals surface area contributed by atoms with Crippen LogP contribution in [0.1, 0.15) is 27.5 Å². The lowest BCUT2D eigenvalue weighted by Crippen LogP contribution is -2.29. The molecule has 1 fully saturated rings. The van der Waals surface area contributed by atoms with E-state index in [1.54, 1.807) is 66.7 Å². The maximum Gasteiger partial charge on any atom is 0.337 e. The number of rotatable bonds is 6. The fraction of sp³-hybridized carbons (Fsp3) is 0.148. The van der Waals surface area contributed by atoms with Crippen LogP contribution in [-0.4, -0.2) is 44.1 Å². The SMILES string of the molecule is COC(=O)c1cccc(N2C(=O)C(=O)/C(=C(/O)c3cccc(OC)c3)C2c2ccccc2OC)c1. The quantitative estimate of drug-likeness (QED) is 0.249. The van der Waals surface area contributed by atoms with Crippen molar-refractivity contribution in [2.24, 2.45) is 0 Å². The number of nitrogens with zero attached hydrogens (tertiary/aromatic N) is 1. The van der Waals surface area contributed by atoms with Crippen molar-refractivity contribution in [3.05, 3.63) is 95.1 Å². The highest BCUT2D eigenvalue weighted by molar-refractivity contribution is 6.51. The minimum absolute atomic E-state index is 0.115. The number of aliphatic hydroxyl groups excluding tert-OH is 1. The summed E-state index contributed by atoms with van der Waals surface area (Å²) >= 11 is 0. The van der Waals surface area contributed by atoms with Gasteiger partial charge in [-0.05, 0) is 36.4 Å². The molecular weight excluding hydrogens is 450 g/mol. The van der Waals surface area contributed by atoms with Crippen molar-refractivity contribution in [3.63, 3.8) is 0 Å². The number of hydrogen-bond acceptors (Lipinski definition) is 7. The van der Waals surface area contributed by atoms with Gasteiger partial charge in [-0.2, -0.15) is 0 Å². The van der Waals surface area contributed by atoms with Crippen molar-refractivity contribution in [2.75, 3.05) is 26.2 Å². The van der Waals surface area contributed by atoms with Gasteiger partial charge in [-0.15, -0.1) is 0 Å². The highest BCUT2D eigenvalue weighted by atomic mass is 16.5. The van der Waals surface area contributed by atoms with Gasteiger partial charge in [0.25, 0.3) is 11.7 Å². The lowest BCUT2D eigenvalue weighted by molar-refractivity contribution is -0.132. The molecule has 0 saturated carbocycles. The minimum atomic E-state index is -1.02. The molecule has 0 bridgehead atoms. The number of methoxy groups -OCH3 is 3. The van der Waals surface area contributed by atoms with E-state index in [1.165, 1.54) is 32.3 Å². The van der Waals surface area contributed by atoms with Crippen LogP contribution in [0.4, 0.5) is 5.69 Å². The van der Waals surface area contributed by atoms with Gasteiger partial charge in [-0.3, -0.25) is 14.5 Å². The first-order valence-corrected chi connectivity index (χ1v) is 10.7. The number of esters is 1. The molecule has 0 spiro atoms. The monoisotopic (exact) mass is 473 g/mol. The van der Waals surface area contributed by atoms with Crippen LogP contribution in [-0.2, 0) is 14.3 Å². The zero-order valence-corrected chi connectivity index (χ0v) is 19.3. The highest BCUT2D eigenvalue weighted by Crippen LogP contribution is 2.45. The van der Waals surface area contributed by atoms with Gasteiger partial charge < -0.3 is 19.3 Å². The summed E-state index contributed by atoms with van der Waals surface area (Å²) in [6, 6.07) is 18.6. The Kier molecular flexibility index (Phi) is 6.55. The number of para-hydroxylation sites is 1. The smallest absolute Gasteiger partial charge is 0.337 e. The van der Waals surface area contributed by atoms with Crippen LogP contribution in [0.15, 0.2) is 78.4 Å². The van der Waals surface area contributed by atoms with Gasteiger partial charge in [-0.1, -0.05) is 36.4 Å². The van der Waals surface area contributed by atoms with E-state index in [0.29, 0.717) is 22.6 Å². The molecule has 8 nitrogen and oxygen atoms in total. The van der Waals surface area contributed by atoms with Gasteiger partial charge in [0.15, 0.2) is 0 Å². The second-order valence-corrected chi connectivity index (χ2v) is 7.68. The van der Waals surface area contributed by atoms with Gasteiger partial charge >= 0.3 is 5.97 Å². The number of hydrogen-bond donors (Lipinski definition) is 1. The highest BCUT2D eigenvalue weighted by Gasteiger charge is 2.48. The maximum atomic E-state index is 13.4. The summed E-state index contributed by atoms with van der Waals surface area (Å²) in [6.07, 6.45) is 0. The number of ether oxygens (including phenoxy) is 3. The van der Waals surface area contributed by atoms with E-state index >= 15 is 0 Å². The van der Waals surface area contributed by atoms with E-state index in [2.05, 4.69) is 0 Å². The summed E-state index contributed by atoms with van der Waals surface area (Å²) < 4.78 is 15.6. The Hall–Kier alpha value is -4.59. The normalized spacial score (nSPS) is 16.8. The molecule has 3 aromatic rings. The number of carbonyl (C=O) groups is 3. The van der Waals surface area contributed by atoms with Crippen molar-refractivity contribution in [2.45, 2.75) is 6.04 Å². The Morgan fingerprint density at radius 3 is 2.29 bits per heavy atom. The molecule has 1 unspecified atom stereocenters. The Labute approximate surface area is 202 Å². The maximum absolute atomic E-state index is 13.4. The van der Waals surface area contributed by atoms with E-state index in [0.717, 1.165) is 0 Å². The van der Waals surface area contributed by atoms with Gasteiger partial charge in [-0.25, -0.2) is 4.79 Å². The third-order valence-electron chi connectivity index (χ3n) is 5.77. The van der Waals surface area contributed by atoms with Crippen LogP contribution < -0.4 is 14.4 Å². The summed E-state index contributed by atoms with van der Waals surface area (Å²) in [6.45, 7) is 0. The third kappa shape index (κ3) is 4.21. The first kappa shape index (κ1) is 23.6. The van der Waals surface area contributed by atoms with E-state index in [-0.39, 0.29) is 22.6 Å². The number of aliphatic hydroxyl groups is 1. The van der Waals surface area contributed by atoms with Crippen LogP contribution in [0.3, 0.4) is 0 Å². The minimum Gasteiger partial charge on any atom is -0.507 e. The zero-order chi connectivity index (χ0) is 25.1. The second-order valence-electron chi connectivity index (χ2n) is 7.68. The second kappa shape index (κ2) is 9.72. The molecule has 0 aromatic heterocycles.